The zero-order valence-corrected chi connectivity index (χ0v) is 14.6. The van der Waals surface area contributed by atoms with Gasteiger partial charge in [0.2, 0.25) is 5.91 Å². The van der Waals surface area contributed by atoms with Crippen LogP contribution < -0.4 is 5.32 Å². The number of carbonyl (C=O) groups excluding carboxylic acids is 2. The Morgan fingerprint density at radius 1 is 1.32 bits per heavy atom. The van der Waals surface area contributed by atoms with Gasteiger partial charge in [0.25, 0.3) is 5.91 Å². The molecule has 1 aromatic heterocycles. The Bertz CT molecular complexity index is 741. The summed E-state index contributed by atoms with van der Waals surface area (Å²) in [5.41, 5.74) is 1.24. The predicted molar refractivity (Wildman–Crippen MR) is 92.8 cm³/mol. The summed E-state index contributed by atoms with van der Waals surface area (Å²) in [7, 11) is 0. The molecule has 7 heteroatoms. The van der Waals surface area contributed by atoms with E-state index in [1.807, 2.05) is 36.9 Å². The molecule has 3 rings (SSSR count). The third-order valence-corrected chi connectivity index (χ3v) is 4.41. The van der Waals surface area contributed by atoms with E-state index in [1.165, 1.54) is 0 Å². The molecule has 1 fully saturated rings. The monoisotopic (exact) mass is 341 g/mol. The van der Waals surface area contributed by atoms with E-state index in [1.54, 1.807) is 23.0 Å². The number of aromatic nitrogens is 3. The van der Waals surface area contributed by atoms with Gasteiger partial charge in [0.05, 0.1) is 12.7 Å². The fourth-order valence-electron chi connectivity index (χ4n) is 3.05. The molecule has 0 bridgehead atoms. The average Bonchev–Trinajstić information content (AvgIpc) is 3.09. The van der Waals surface area contributed by atoms with Crippen LogP contribution in [0.2, 0.25) is 0 Å². The molecule has 132 valence electrons. The van der Waals surface area contributed by atoms with E-state index in [9.17, 15) is 9.59 Å². The normalized spacial score (nSPS) is 17.8. The highest BCUT2D eigenvalue weighted by Gasteiger charge is 2.32. The molecule has 1 N–H and O–H groups in total. The van der Waals surface area contributed by atoms with Gasteiger partial charge in [-0.05, 0) is 38.8 Å². The van der Waals surface area contributed by atoms with E-state index >= 15 is 0 Å². The van der Waals surface area contributed by atoms with Crippen molar-refractivity contribution in [2.45, 2.75) is 45.3 Å². The second kappa shape index (κ2) is 7.46. The quantitative estimate of drug-likeness (QED) is 0.899. The number of benzene rings is 1. The van der Waals surface area contributed by atoms with Crippen molar-refractivity contribution >= 4 is 11.8 Å². The smallest absolute Gasteiger partial charge is 0.251 e. The van der Waals surface area contributed by atoms with Crippen molar-refractivity contribution in [1.82, 2.24) is 25.2 Å². The summed E-state index contributed by atoms with van der Waals surface area (Å²) in [5.74, 6) is -0.0686. The van der Waals surface area contributed by atoms with Gasteiger partial charge in [-0.25, -0.2) is 4.68 Å². The van der Waals surface area contributed by atoms with Gasteiger partial charge in [-0.3, -0.25) is 9.59 Å². The minimum Gasteiger partial charge on any atom is -0.346 e. The molecule has 7 nitrogen and oxygen atoms in total. The van der Waals surface area contributed by atoms with E-state index < -0.39 is 0 Å². The first-order valence-corrected chi connectivity index (χ1v) is 8.60. The molecule has 1 saturated heterocycles. The van der Waals surface area contributed by atoms with Gasteiger partial charge in [-0.1, -0.05) is 23.4 Å². The second-order valence-electron chi connectivity index (χ2n) is 6.52. The summed E-state index contributed by atoms with van der Waals surface area (Å²) in [6.07, 6.45) is 3.47. The highest BCUT2D eigenvalue weighted by atomic mass is 16.2. The van der Waals surface area contributed by atoms with Gasteiger partial charge in [0, 0.05) is 18.2 Å². The number of hydrogen-bond donors (Lipinski definition) is 1. The van der Waals surface area contributed by atoms with Crippen LogP contribution in [0.3, 0.4) is 0 Å². The third-order valence-electron chi connectivity index (χ3n) is 4.41. The zero-order chi connectivity index (χ0) is 17.8. The van der Waals surface area contributed by atoms with Gasteiger partial charge in [0.15, 0.2) is 0 Å². The summed E-state index contributed by atoms with van der Waals surface area (Å²) in [6, 6.07) is 8.90. The molecule has 0 spiro atoms. The maximum atomic E-state index is 12.6. The molecular formula is C18H23N5O2. The second-order valence-corrected chi connectivity index (χ2v) is 6.52. The number of hydrogen-bond acceptors (Lipinski definition) is 4. The minimum atomic E-state index is -0.303. The highest BCUT2D eigenvalue weighted by molar-refractivity contribution is 5.94. The Balaban J connectivity index is 1.62. The fraction of sp³-hybridized carbons (Fsp3) is 0.444. The number of carbonyl (C=O) groups is 2. The molecule has 1 aliphatic rings. The Morgan fingerprint density at radius 3 is 2.80 bits per heavy atom. The van der Waals surface area contributed by atoms with Crippen LogP contribution in [0.5, 0.6) is 0 Å². The first-order valence-electron chi connectivity index (χ1n) is 8.60. The number of piperidine rings is 1. The van der Waals surface area contributed by atoms with Crippen molar-refractivity contribution in [3.63, 3.8) is 0 Å². The molecule has 2 aromatic rings. The summed E-state index contributed by atoms with van der Waals surface area (Å²) in [5, 5.41) is 11.0. The molecule has 0 saturated carbocycles. The lowest BCUT2D eigenvalue weighted by Crippen LogP contribution is -2.45. The number of nitrogens with one attached hydrogen (secondary N) is 1. The highest BCUT2D eigenvalue weighted by Crippen LogP contribution is 2.23. The van der Waals surface area contributed by atoms with E-state index in [0.717, 1.165) is 19.4 Å². The summed E-state index contributed by atoms with van der Waals surface area (Å²) < 4.78 is 1.63. The Labute approximate surface area is 147 Å². The van der Waals surface area contributed by atoms with Crippen LogP contribution in [-0.4, -0.2) is 44.3 Å². The van der Waals surface area contributed by atoms with E-state index in [4.69, 9.17) is 0 Å². The lowest BCUT2D eigenvalue weighted by Gasteiger charge is -2.34. The van der Waals surface area contributed by atoms with Gasteiger partial charge in [-0.2, -0.15) is 0 Å². The summed E-state index contributed by atoms with van der Waals surface area (Å²) in [4.78, 5) is 26.5. The summed E-state index contributed by atoms with van der Waals surface area (Å²) >= 11 is 0. The van der Waals surface area contributed by atoms with Crippen molar-refractivity contribution in [1.29, 1.82) is 0 Å². The number of nitrogens with zero attached hydrogens (tertiary/aromatic N) is 4. The van der Waals surface area contributed by atoms with E-state index in [2.05, 4.69) is 15.6 Å². The average molecular weight is 341 g/mol. The zero-order valence-electron chi connectivity index (χ0n) is 14.6. The molecule has 2 amide bonds. The SMILES string of the molecule is CC(C)N1CCCC(n2cc(CNC(=O)c3ccccc3)nn2)C1=O. The molecule has 1 unspecified atom stereocenters. The molecule has 1 aromatic carbocycles. The molecular weight excluding hydrogens is 318 g/mol. The van der Waals surface area contributed by atoms with Crippen LogP contribution in [0, 0.1) is 0 Å². The first kappa shape index (κ1) is 17.1. The first-order chi connectivity index (χ1) is 12.1. The number of rotatable bonds is 5. The molecule has 1 atom stereocenters. The maximum absolute atomic E-state index is 12.6. The minimum absolute atomic E-state index is 0.0889. The van der Waals surface area contributed by atoms with Gasteiger partial charge < -0.3 is 10.2 Å². The van der Waals surface area contributed by atoms with Crippen molar-refractivity contribution in [2.24, 2.45) is 0 Å². The van der Waals surface area contributed by atoms with Gasteiger partial charge >= 0.3 is 0 Å². The topological polar surface area (TPSA) is 80.1 Å². The van der Waals surface area contributed by atoms with Crippen LogP contribution in [0.1, 0.15) is 48.8 Å². The molecule has 0 radical (unpaired) electrons. The number of likely N-dealkylation sites (tertiary alicyclic amines) is 1. The largest absolute Gasteiger partial charge is 0.346 e. The lowest BCUT2D eigenvalue weighted by molar-refractivity contribution is -0.139. The van der Waals surface area contributed by atoms with Crippen LogP contribution in [-0.2, 0) is 11.3 Å². The van der Waals surface area contributed by atoms with Crippen LogP contribution >= 0.6 is 0 Å². The molecule has 25 heavy (non-hydrogen) atoms. The van der Waals surface area contributed by atoms with Crippen LogP contribution in [0.15, 0.2) is 36.5 Å². The maximum Gasteiger partial charge on any atom is 0.251 e. The Kier molecular flexibility index (Phi) is 5.11. The molecule has 1 aliphatic heterocycles. The molecule has 0 aliphatic carbocycles. The van der Waals surface area contributed by atoms with Gasteiger partial charge in [0.1, 0.15) is 11.7 Å². The van der Waals surface area contributed by atoms with E-state index in [0.29, 0.717) is 11.3 Å². The fourth-order valence-corrected chi connectivity index (χ4v) is 3.05. The van der Waals surface area contributed by atoms with Crippen molar-refractivity contribution < 1.29 is 9.59 Å². The van der Waals surface area contributed by atoms with Crippen LogP contribution in [0.25, 0.3) is 0 Å². The van der Waals surface area contributed by atoms with Crippen LogP contribution in [0.4, 0.5) is 0 Å². The number of amides is 2. The Hall–Kier alpha value is -2.70. The molecule has 2 heterocycles. The van der Waals surface area contributed by atoms with Crippen molar-refractivity contribution in [3.05, 3.63) is 47.8 Å². The van der Waals surface area contributed by atoms with Crippen molar-refractivity contribution in [2.75, 3.05) is 6.54 Å². The lowest BCUT2D eigenvalue weighted by atomic mass is 10.0. The van der Waals surface area contributed by atoms with Crippen molar-refractivity contribution in [3.8, 4) is 0 Å². The summed E-state index contributed by atoms with van der Waals surface area (Å²) in [6.45, 7) is 5.11. The van der Waals surface area contributed by atoms with Gasteiger partial charge in [-0.15, -0.1) is 5.10 Å². The standard InChI is InChI=1S/C18H23N5O2/c1-13(2)22-10-6-9-16(18(22)25)23-12-15(20-21-23)11-19-17(24)14-7-4-3-5-8-14/h3-5,7-8,12-13,16H,6,9-11H2,1-2H3,(H,19,24). The predicted octanol–water partition coefficient (Wildman–Crippen LogP) is 1.78. The van der Waals surface area contributed by atoms with E-state index in [-0.39, 0.29) is 30.4 Å². The third kappa shape index (κ3) is 3.87. The Morgan fingerprint density at radius 2 is 2.08 bits per heavy atom.